The van der Waals surface area contributed by atoms with Gasteiger partial charge in [-0.05, 0) is 19.3 Å². The Kier molecular flexibility index (Phi) is 3.98. The van der Waals surface area contributed by atoms with Gasteiger partial charge in [-0.3, -0.25) is 4.57 Å². The molecule has 1 aliphatic rings. The first kappa shape index (κ1) is 13.8. The van der Waals surface area contributed by atoms with E-state index >= 15 is 0 Å². The SMILES string of the molecule is CCCc1nccn1-c1nc(NC)nc(N2CCCC2)n1. The van der Waals surface area contributed by atoms with Crippen LogP contribution in [0.4, 0.5) is 11.9 Å². The normalized spacial score (nSPS) is 14.7. The number of hydrogen-bond donors (Lipinski definition) is 1. The lowest BCUT2D eigenvalue weighted by atomic mass is 10.3. The largest absolute Gasteiger partial charge is 0.357 e. The third-order valence-electron chi connectivity index (χ3n) is 3.63. The monoisotopic (exact) mass is 287 g/mol. The maximum Gasteiger partial charge on any atom is 0.241 e. The summed E-state index contributed by atoms with van der Waals surface area (Å²) in [5.74, 6) is 2.96. The molecule has 0 radical (unpaired) electrons. The predicted octanol–water partition coefficient (Wildman–Crippen LogP) is 1.65. The van der Waals surface area contributed by atoms with Gasteiger partial charge in [-0.2, -0.15) is 15.0 Å². The van der Waals surface area contributed by atoms with Gasteiger partial charge in [0.1, 0.15) is 5.82 Å². The highest BCUT2D eigenvalue weighted by Crippen LogP contribution is 2.19. The third kappa shape index (κ3) is 2.81. The van der Waals surface area contributed by atoms with E-state index in [-0.39, 0.29) is 0 Å². The van der Waals surface area contributed by atoms with Crippen LogP contribution >= 0.6 is 0 Å². The molecule has 1 aliphatic heterocycles. The third-order valence-corrected chi connectivity index (χ3v) is 3.63. The Morgan fingerprint density at radius 3 is 2.62 bits per heavy atom. The highest BCUT2D eigenvalue weighted by atomic mass is 15.3. The first-order valence-electron chi connectivity index (χ1n) is 7.53. The lowest BCUT2D eigenvalue weighted by molar-refractivity contribution is 0.769. The maximum absolute atomic E-state index is 4.64. The van der Waals surface area contributed by atoms with E-state index in [1.54, 1.807) is 6.20 Å². The highest BCUT2D eigenvalue weighted by Gasteiger charge is 2.18. The van der Waals surface area contributed by atoms with E-state index in [1.165, 1.54) is 12.8 Å². The van der Waals surface area contributed by atoms with Gasteiger partial charge in [0.2, 0.25) is 17.8 Å². The summed E-state index contributed by atoms with van der Waals surface area (Å²) in [5.41, 5.74) is 0. The Labute approximate surface area is 124 Å². The molecule has 3 rings (SSSR count). The van der Waals surface area contributed by atoms with Crippen LogP contribution in [0.15, 0.2) is 12.4 Å². The number of hydrogen-bond acceptors (Lipinski definition) is 6. The van der Waals surface area contributed by atoms with Crippen LogP contribution in [0.25, 0.3) is 5.95 Å². The molecule has 21 heavy (non-hydrogen) atoms. The smallest absolute Gasteiger partial charge is 0.241 e. The van der Waals surface area contributed by atoms with Gasteiger partial charge in [0, 0.05) is 39.0 Å². The zero-order chi connectivity index (χ0) is 14.7. The fraction of sp³-hybridized carbons (Fsp3) is 0.571. The molecule has 0 bridgehead atoms. The first-order chi connectivity index (χ1) is 10.3. The van der Waals surface area contributed by atoms with Crippen LogP contribution in [0.2, 0.25) is 0 Å². The second kappa shape index (κ2) is 6.07. The molecule has 112 valence electrons. The lowest BCUT2D eigenvalue weighted by Gasteiger charge is -2.17. The number of aromatic nitrogens is 5. The van der Waals surface area contributed by atoms with Gasteiger partial charge in [0.05, 0.1) is 0 Å². The molecule has 0 spiro atoms. The first-order valence-corrected chi connectivity index (χ1v) is 7.53. The molecule has 0 aliphatic carbocycles. The Balaban J connectivity index is 2.00. The number of nitrogens with zero attached hydrogens (tertiary/aromatic N) is 6. The van der Waals surface area contributed by atoms with Crippen molar-refractivity contribution in [3.8, 4) is 5.95 Å². The molecular formula is C14H21N7. The van der Waals surface area contributed by atoms with Crippen molar-refractivity contribution in [3.63, 3.8) is 0 Å². The van der Waals surface area contributed by atoms with Gasteiger partial charge in [0.25, 0.3) is 0 Å². The van der Waals surface area contributed by atoms with Crippen LogP contribution in [0, 0.1) is 0 Å². The zero-order valence-electron chi connectivity index (χ0n) is 12.6. The van der Waals surface area contributed by atoms with Gasteiger partial charge in [-0.25, -0.2) is 4.98 Å². The molecule has 0 atom stereocenters. The maximum atomic E-state index is 4.64. The van der Waals surface area contributed by atoms with Crippen LogP contribution in [-0.2, 0) is 6.42 Å². The summed E-state index contributed by atoms with van der Waals surface area (Å²) in [5, 5.41) is 3.02. The molecular weight excluding hydrogens is 266 g/mol. The molecule has 0 aromatic carbocycles. The minimum absolute atomic E-state index is 0.595. The summed E-state index contributed by atoms with van der Waals surface area (Å²) in [4.78, 5) is 20.2. The van der Waals surface area contributed by atoms with E-state index in [2.05, 4.69) is 37.1 Å². The second-order valence-electron chi connectivity index (χ2n) is 5.17. The molecule has 3 heterocycles. The van der Waals surface area contributed by atoms with Crippen LogP contribution in [0.5, 0.6) is 0 Å². The zero-order valence-corrected chi connectivity index (χ0v) is 12.6. The summed E-state index contributed by atoms with van der Waals surface area (Å²) in [6.07, 6.45) is 8.05. The molecule has 2 aromatic heterocycles. The summed E-state index contributed by atoms with van der Waals surface area (Å²) in [6.45, 7) is 4.16. The predicted molar refractivity (Wildman–Crippen MR) is 81.9 cm³/mol. The molecule has 7 nitrogen and oxygen atoms in total. The van der Waals surface area contributed by atoms with Crippen molar-refractivity contribution in [1.82, 2.24) is 24.5 Å². The average Bonchev–Trinajstić information content (AvgIpc) is 3.18. The van der Waals surface area contributed by atoms with Crippen molar-refractivity contribution < 1.29 is 0 Å². The number of anilines is 2. The van der Waals surface area contributed by atoms with E-state index in [0.29, 0.717) is 11.9 Å². The van der Waals surface area contributed by atoms with Crippen LogP contribution in [0.1, 0.15) is 32.0 Å². The van der Waals surface area contributed by atoms with Gasteiger partial charge < -0.3 is 10.2 Å². The van der Waals surface area contributed by atoms with Crippen molar-refractivity contribution in [2.75, 3.05) is 30.4 Å². The molecule has 0 saturated carbocycles. The molecule has 0 unspecified atom stereocenters. The van der Waals surface area contributed by atoms with Gasteiger partial charge in [-0.1, -0.05) is 6.92 Å². The lowest BCUT2D eigenvalue weighted by Crippen LogP contribution is -2.22. The average molecular weight is 287 g/mol. The van der Waals surface area contributed by atoms with Crippen molar-refractivity contribution >= 4 is 11.9 Å². The fourth-order valence-electron chi connectivity index (χ4n) is 2.56. The Hall–Kier alpha value is -2.18. The van der Waals surface area contributed by atoms with Gasteiger partial charge in [0.15, 0.2) is 0 Å². The molecule has 0 amide bonds. The Morgan fingerprint density at radius 1 is 1.14 bits per heavy atom. The van der Waals surface area contributed by atoms with Crippen molar-refractivity contribution in [3.05, 3.63) is 18.2 Å². The minimum atomic E-state index is 0.595. The van der Waals surface area contributed by atoms with E-state index < -0.39 is 0 Å². The molecule has 1 fully saturated rings. The number of rotatable bonds is 5. The van der Waals surface area contributed by atoms with Crippen LogP contribution < -0.4 is 10.2 Å². The van der Waals surface area contributed by atoms with Crippen molar-refractivity contribution in [2.24, 2.45) is 0 Å². The quantitative estimate of drug-likeness (QED) is 0.901. The summed E-state index contributed by atoms with van der Waals surface area (Å²) in [7, 11) is 1.83. The second-order valence-corrected chi connectivity index (χ2v) is 5.17. The Bertz CT molecular complexity index is 601. The van der Waals surface area contributed by atoms with E-state index in [1.807, 2.05) is 17.8 Å². The van der Waals surface area contributed by atoms with Crippen LogP contribution in [0.3, 0.4) is 0 Å². The molecule has 1 saturated heterocycles. The standard InChI is InChI=1S/C14H21N7/c1-3-6-11-16-7-10-21(11)14-18-12(15-2)17-13(19-14)20-8-4-5-9-20/h7,10H,3-6,8-9H2,1-2H3,(H,15,17,18,19). The molecule has 2 aromatic rings. The van der Waals surface area contributed by atoms with E-state index in [4.69, 9.17) is 0 Å². The molecule has 7 heteroatoms. The summed E-state index contributed by atoms with van der Waals surface area (Å²) in [6, 6.07) is 0. The topological polar surface area (TPSA) is 71.8 Å². The van der Waals surface area contributed by atoms with Crippen molar-refractivity contribution in [2.45, 2.75) is 32.6 Å². The fourth-order valence-corrected chi connectivity index (χ4v) is 2.56. The summed E-state index contributed by atoms with van der Waals surface area (Å²) < 4.78 is 1.95. The molecule has 1 N–H and O–H groups in total. The number of imidazole rings is 1. The van der Waals surface area contributed by atoms with Gasteiger partial charge >= 0.3 is 0 Å². The number of aryl methyl sites for hydroxylation is 1. The van der Waals surface area contributed by atoms with Crippen molar-refractivity contribution in [1.29, 1.82) is 0 Å². The minimum Gasteiger partial charge on any atom is -0.357 e. The van der Waals surface area contributed by atoms with Gasteiger partial charge in [-0.15, -0.1) is 0 Å². The van der Waals surface area contributed by atoms with Crippen LogP contribution in [-0.4, -0.2) is 44.6 Å². The summed E-state index contributed by atoms with van der Waals surface area (Å²) >= 11 is 0. The van der Waals surface area contributed by atoms with E-state index in [0.717, 1.165) is 37.7 Å². The highest BCUT2D eigenvalue weighted by molar-refractivity contribution is 5.40. The van der Waals surface area contributed by atoms with E-state index in [9.17, 15) is 0 Å². The Morgan fingerprint density at radius 2 is 1.90 bits per heavy atom. The number of nitrogens with one attached hydrogen (secondary N) is 1.